The fraction of sp³-hybridized carbons (Fsp3) is 0.455. The number of thioether (sulfide) groups is 2. The molecule has 0 spiro atoms. The highest BCUT2D eigenvalue weighted by atomic mass is 32.2. The Kier molecular flexibility index (Phi) is 12.5. The van der Waals surface area contributed by atoms with E-state index in [1.165, 1.54) is 40.2 Å². The van der Waals surface area contributed by atoms with Crippen LogP contribution in [-0.4, -0.2) is 118 Å². The van der Waals surface area contributed by atoms with Crippen LogP contribution in [0.3, 0.4) is 0 Å². The number of aliphatic imine (C=N–C) groups is 1. The van der Waals surface area contributed by atoms with Crippen LogP contribution in [0.2, 0.25) is 0 Å². The number of aryl methyl sites for hydroxylation is 1. The van der Waals surface area contributed by atoms with Crippen LogP contribution in [-0.2, 0) is 31.1 Å². The van der Waals surface area contributed by atoms with Gasteiger partial charge in [0.05, 0.1) is 0 Å². The van der Waals surface area contributed by atoms with Crippen molar-refractivity contribution in [2.24, 2.45) is 34.4 Å². The summed E-state index contributed by atoms with van der Waals surface area (Å²) in [6.45, 7) is 0.420. The first-order valence-corrected chi connectivity index (χ1v) is 15.7. The number of rotatable bonds is 13. The molecule has 23 heteroatoms. The Balaban J connectivity index is 0.000000392. The SMILES string of the molecule is CO/N=C(/C(=O)N[C@@H]1C(=O)N2C(C(=O)O)=C(CSc3nnnn3C)CS[C@H]12)c1csc(N)n1.NC(N)=NCCC[C@H](N)C(=O)O. The topological polar surface area (TPSA) is 319 Å². The fourth-order valence-corrected chi connectivity index (χ4v) is 6.72. The molecule has 2 amide bonds. The Hall–Kier alpha value is -4.48. The number of nitrogens with two attached hydrogens (primary N) is 4. The molecule has 4 heterocycles. The van der Waals surface area contributed by atoms with Gasteiger partial charge in [-0.05, 0) is 28.8 Å². The van der Waals surface area contributed by atoms with Crippen LogP contribution < -0.4 is 28.3 Å². The number of aromatic nitrogens is 5. The average Bonchev–Trinajstić information content (AvgIpc) is 3.62. The number of carbonyl (C=O) groups excluding carboxylic acids is 2. The monoisotopic (exact) mass is 685 g/mol. The first-order chi connectivity index (χ1) is 21.3. The van der Waals surface area contributed by atoms with Crippen LogP contribution in [0, 0.1) is 0 Å². The smallest absolute Gasteiger partial charge is 0.352 e. The maximum atomic E-state index is 12.9. The van der Waals surface area contributed by atoms with Crippen molar-refractivity contribution in [2.45, 2.75) is 35.5 Å². The fourth-order valence-electron chi connectivity index (χ4n) is 3.83. The van der Waals surface area contributed by atoms with Gasteiger partial charge in [-0.25, -0.2) is 14.5 Å². The Morgan fingerprint density at radius 2 is 2.04 bits per heavy atom. The van der Waals surface area contributed by atoms with E-state index in [0.717, 1.165) is 11.3 Å². The number of carboxylic acids is 2. The number of oxime groups is 1. The molecular formula is C22H31N13O7S3. The lowest BCUT2D eigenvalue weighted by Gasteiger charge is -2.49. The molecule has 0 saturated carbocycles. The normalized spacial score (nSPS) is 18.2. The van der Waals surface area contributed by atoms with Crippen molar-refractivity contribution in [2.75, 3.05) is 30.9 Å². The number of anilines is 1. The van der Waals surface area contributed by atoms with Crippen molar-refractivity contribution in [3.8, 4) is 0 Å². The van der Waals surface area contributed by atoms with Crippen molar-refractivity contribution in [1.82, 2.24) is 35.4 Å². The predicted molar refractivity (Wildman–Crippen MR) is 165 cm³/mol. The molecule has 0 bridgehead atoms. The molecule has 1 saturated heterocycles. The maximum Gasteiger partial charge on any atom is 0.352 e. The minimum Gasteiger partial charge on any atom is -0.480 e. The van der Waals surface area contributed by atoms with E-state index in [4.69, 9.17) is 32.9 Å². The number of amides is 2. The molecule has 20 nitrogen and oxygen atoms in total. The third kappa shape index (κ3) is 9.02. The summed E-state index contributed by atoms with van der Waals surface area (Å²) in [7, 11) is 2.95. The van der Waals surface area contributed by atoms with Gasteiger partial charge in [-0.3, -0.25) is 24.3 Å². The number of nitrogens with one attached hydrogen (secondary N) is 1. The number of guanidine groups is 1. The van der Waals surface area contributed by atoms with Crippen molar-refractivity contribution < 1.29 is 34.2 Å². The van der Waals surface area contributed by atoms with Gasteiger partial charge < -0.3 is 43.3 Å². The number of hydrogen-bond donors (Lipinski definition) is 7. The van der Waals surface area contributed by atoms with E-state index in [1.54, 1.807) is 12.4 Å². The zero-order valence-corrected chi connectivity index (χ0v) is 26.3. The van der Waals surface area contributed by atoms with E-state index in [0.29, 0.717) is 41.6 Å². The molecule has 0 aliphatic carbocycles. The third-order valence-corrected chi connectivity index (χ3v) is 9.05. The lowest BCUT2D eigenvalue weighted by Crippen LogP contribution is -2.71. The van der Waals surface area contributed by atoms with Gasteiger partial charge in [0, 0.05) is 30.5 Å². The molecule has 0 radical (unpaired) electrons. The highest BCUT2D eigenvalue weighted by Gasteiger charge is 2.54. The van der Waals surface area contributed by atoms with Gasteiger partial charge in [0.1, 0.15) is 36.0 Å². The van der Waals surface area contributed by atoms with Gasteiger partial charge in [0.2, 0.25) is 5.16 Å². The molecule has 0 unspecified atom stereocenters. The van der Waals surface area contributed by atoms with Crippen molar-refractivity contribution in [1.29, 1.82) is 0 Å². The van der Waals surface area contributed by atoms with E-state index in [2.05, 4.69) is 36.0 Å². The van der Waals surface area contributed by atoms with Crippen LogP contribution in [0.4, 0.5) is 5.13 Å². The van der Waals surface area contributed by atoms with Crippen molar-refractivity contribution in [3.05, 3.63) is 22.3 Å². The molecule has 2 aromatic rings. The van der Waals surface area contributed by atoms with E-state index < -0.39 is 41.2 Å². The van der Waals surface area contributed by atoms with Crippen LogP contribution >= 0.6 is 34.9 Å². The van der Waals surface area contributed by atoms with Crippen molar-refractivity contribution in [3.63, 3.8) is 0 Å². The molecule has 1 fully saturated rings. The van der Waals surface area contributed by atoms with E-state index in [1.807, 2.05) is 0 Å². The minimum absolute atomic E-state index is 0.0129. The van der Waals surface area contributed by atoms with Crippen LogP contribution in [0.1, 0.15) is 18.5 Å². The van der Waals surface area contributed by atoms with Crippen LogP contribution in [0.5, 0.6) is 0 Å². The third-order valence-electron chi connectivity index (χ3n) is 5.94. The van der Waals surface area contributed by atoms with Gasteiger partial charge >= 0.3 is 11.9 Å². The van der Waals surface area contributed by atoms with E-state index in [9.17, 15) is 24.3 Å². The number of β-lactam (4-membered cyclic amide) rings is 1. The lowest BCUT2D eigenvalue weighted by molar-refractivity contribution is -0.150. The average molecular weight is 686 g/mol. The molecule has 2 aliphatic rings. The summed E-state index contributed by atoms with van der Waals surface area (Å²) in [6, 6.07) is -1.74. The van der Waals surface area contributed by atoms with Gasteiger partial charge in [-0.1, -0.05) is 16.9 Å². The number of tetrazole rings is 1. The van der Waals surface area contributed by atoms with Crippen LogP contribution in [0.15, 0.2) is 32.0 Å². The molecular weight excluding hydrogens is 655 g/mol. The second-order valence-electron chi connectivity index (χ2n) is 9.08. The largest absolute Gasteiger partial charge is 0.480 e. The number of nitrogens with zero attached hydrogens (tertiary/aromatic N) is 8. The number of nitrogen functional groups attached to an aromatic ring is 1. The first kappa shape index (κ1) is 35.0. The molecule has 2 aromatic heterocycles. The first-order valence-electron chi connectivity index (χ1n) is 12.8. The minimum atomic E-state index is -1.22. The molecule has 4 rings (SSSR count). The molecule has 244 valence electrons. The van der Waals surface area contributed by atoms with Gasteiger partial charge in [-0.15, -0.1) is 28.2 Å². The van der Waals surface area contributed by atoms with E-state index in [-0.39, 0.29) is 28.2 Å². The summed E-state index contributed by atoms with van der Waals surface area (Å²) in [5.41, 5.74) is 21.5. The predicted octanol–water partition coefficient (Wildman–Crippen LogP) is -2.42. The molecule has 3 atom stereocenters. The molecule has 0 aromatic carbocycles. The molecule has 2 aliphatic heterocycles. The number of carboxylic acid groups (broad SMARTS) is 2. The second-order valence-corrected chi connectivity index (χ2v) is 12.0. The Morgan fingerprint density at radius 1 is 1.31 bits per heavy atom. The summed E-state index contributed by atoms with van der Waals surface area (Å²) in [5.74, 6) is -2.76. The summed E-state index contributed by atoms with van der Waals surface area (Å²) >= 11 is 3.75. The number of aliphatic carboxylic acids is 2. The van der Waals surface area contributed by atoms with Crippen LogP contribution in [0.25, 0.3) is 0 Å². The highest BCUT2D eigenvalue weighted by molar-refractivity contribution is 8.01. The van der Waals surface area contributed by atoms with Gasteiger partial charge in [-0.2, -0.15) is 0 Å². The van der Waals surface area contributed by atoms with Gasteiger partial charge in [0.15, 0.2) is 16.8 Å². The molecule has 11 N–H and O–H groups in total. The van der Waals surface area contributed by atoms with Gasteiger partial charge in [0.25, 0.3) is 11.8 Å². The second kappa shape index (κ2) is 16.0. The Bertz CT molecular complexity index is 1500. The molecule has 45 heavy (non-hydrogen) atoms. The Labute approximate surface area is 267 Å². The maximum absolute atomic E-state index is 12.9. The number of thiazole rings is 1. The Morgan fingerprint density at radius 3 is 2.60 bits per heavy atom. The number of hydrogen-bond acceptors (Lipinski definition) is 16. The zero-order chi connectivity index (χ0) is 33.3. The summed E-state index contributed by atoms with van der Waals surface area (Å²) in [5, 5.41) is 37.3. The summed E-state index contributed by atoms with van der Waals surface area (Å²) < 4.78 is 1.47. The quantitative estimate of drug-likeness (QED) is 0.0288. The van der Waals surface area contributed by atoms with Crippen molar-refractivity contribution >= 4 is 75.4 Å². The zero-order valence-electron chi connectivity index (χ0n) is 23.9. The number of fused-ring (bicyclic) bond motifs is 1. The lowest BCUT2D eigenvalue weighted by atomic mass is 10.0. The summed E-state index contributed by atoms with van der Waals surface area (Å²) in [6.07, 6.45) is 0.956. The summed E-state index contributed by atoms with van der Waals surface area (Å²) in [4.78, 5) is 61.5. The standard InChI is InChI=1S/C16H17N9O5S3.C6H14N4O2/c1-24-16(20-22-23-24)33-4-6-3-31-13-9(12(27)25(13)10(6)14(28)29)19-11(26)8(21-30-2)7-5-32-15(17)18-7;7-4(5(11)12)2-1-3-10-6(8)9/h5,9,13H,3-4H2,1-2H3,(H2,17,18)(H,19,26)(H,28,29);4H,1-3,7H2,(H,11,12)(H4,8,9,10)/b21-8+;/t9-,13-;4-/m10/s1. The highest BCUT2D eigenvalue weighted by Crippen LogP contribution is 2.41. The van der Waals surface area contributed by atoms with E-state index >= 15 is 0 Å². The number of carbonyl (C=O) groups is 4.